The minimum Gasteiger partial charge on any atom is -0.491 e. The summed E-state index contributed by atoms with van der Waals surface area (Å²) in [5.41, 5.74) is 4.45. The van der Waals surface area contributed by atoms with E-state index in [1.54, 1.807) is 6.92 Å². The van der Waals surface area contributed by atoms with Crippen LogP contribution in [0.25, 0.3) is 0 Å². The highest BCUT2D eigenvalue weighted by Gasteiger charge is 2.56. The predicted molar refractivity (Wildman–Crippen MR) is 129 cm³/mol. The number of rotatable bonds is 8. The van der Waals surface area contributed by atoms with Crippen molar-refractivity contribution in [3.8, 4) is 5.75 Å². The molecule has 0 radical (unpaired) electrons. The van der Waals surface area contributed by atoms with Gasteiger partial charge in [-0.2, -0.15) is 0 Å². The Morgan fingerprint density at radius 1 is 1.22 bits per heavy atom. The van der Waals surface area contributed by atoms with E-state index in [0.717, 1.165) is 44.5 Å². The molecule has 0 amide bonds. The molecule has 0 aliphatic heterocycles. The van der Waals surface area contributed by atoms with Crippen LogP contribution in [0.1, 0.15) is 82.4 Å². The van der Waals surface area contributed by atoms with Crippen molar-refractivity contribution in [3.05, 3.63) is 28.8 Å². The molecule has 0 saturated heterocycles. The fourth-order valence-electron chi connectivity index (χ4n) is 7.66. The van der Waals surface area contributed by atoms with E-state index >= 15 is 0 Å². The van der Waals surface area contributed by atoms with Gasteiger partial charge < -0.3 is 14.7 Å². The monoisotopic (exact) mass is 441 g/mol. The number of aliphatic hydroxyl groups is 1. The van der Waals surface area contributed by atoms with Gasteiger partial charge in [-0.25, -0.2) is 0 Å². The van der Waals surface area contributed by atoms with Crippen LogP contribution in [0.3, 0.4) is 0 Å². The number of aliphatic hydroxyl groups excluding tert-OH is 1. The van der Waals surface area contributed by atoms with Crippen LogP contribution in [0.5, 0.6) is 5.75 Å². The Morgan fingerprint density at radius 3 is 2.66 bits per heavy atom. The first-order chi connectivity index (χ1) is 15.3. The first-order valence-electron chi connectivity index (χ1n) is 13.0. The van der Waals surface area contributed by atoms with Crippen molar-refractivity contribution in [3.63, 3.8) is 0 Å². The van der Waals surface area contributed by atoms with Crippen molar-refractivity contribution in [2.24, 2.45) is 23.2 Å². The molecule has 1 aromatic carbocycles. The van der Waals surface area contributed by atoms with E-state index in [9.17, 15) is 9.90 Å². The molecule has 0 heterocycles. The molecule has 1 aromatic rings. The molecule has 3 aliphatic rings. The minimum atomic E-state index is -0.480. The Hall–Kier alpha value is -1.39. The van der Waals surface area contributed by atoms with Crippen molar-refractivity contribution >= 4 is 5.78 Å². The summed E-state index contributed by atoms with van der Waals surface area (Å²) in [5.74, 6) is 3.45. The van der Waals surface area contributed by atoms with Crippen molar-refractivity contribution < 1.29 is 14.6 Å². The van der Waals surface area contributed by atoms with Crippen LogP contribution in [0.4, 0.5) is 0 Å². The minimum absolute atomic E-state index is 0.176. The Labute approximate surface area is 194 Å². The molecule has 4 rings (SSSR count). The summed E-state index contributed by atoms with van der Waals surface area (Å²) >= 11 is 0. The zero-order valence-electron chi connectivity index (χ0n) is 20.8. The fraction of sp³-hybridized carbons (Fsp3) is 0.750. The van der Waals surface area contributed by atoms with E-state index in [1.807, 2.05) is 0 Å². The molecule has 3 aliphatic carbocycles. The van der Waals surface area contributed by atoms with Crippen LogP contribution in [0.2, 0.25) is 0 Å². The highest BCUT2D eigenvalue weighted by atomic mass is 16.5. The summed E-state index contributed by atoms with van der Waals surface area (Å²) in [6.07, 6.45) is 6.42. The average molecular weight is 442 g/mol. The van der Waals surface area contributed by atoms with Gasteiger partial charge in [0.2, 0.25) is 0 Å². The van der Waals surface area contributed by atoms with Gasteiger partial charge in [0.25, 0.3) is 0 Å². The standard InChI is InChI=1S/C28H43NO3/c1-6-29(7-2)16-20(31)17-32-26-13-8-18(3)21-9-10-22-23(27(21)26)14-15-28(5)24(19(4)30)11-12-25(22)28/h8,13,20,22-25,31H,6-7,9-12,14-17H2,1-5H3/t20?,22-,23+,24-,25+,28-/m1/s1. The predicted octanol–water partition coefficient (Wildman–Crippen LogP) is 5.14. The highest BCUT2D eigenvalue weighted by molar-refractivity contribution is 5.79. The summed E-state index contributed by atoms with van der Waals surface area (Å²) in [7, 11) is 0. The van der Waals surface area contributed by atoms with Crippen molar-refractivity contribution in [2.75, 3.05) is 26.2 Å². The molecular formula is C28H43NO3. The third kappa shape index (κ3) is 4.14. The number of ether oxygens (including phenoxy) is 1. The van der Waals surface area contributed by atoms with Crippen LogP contribution < -0.4 is 4.74 Å². The molecule has 1 unspecified atom stereocenters. The van der Waals surface area contributed by atoms with Gasteiger partial charge in [0.05, 0.1) is 0 Å². The first-order valence-corrected chi connectivity index (χ1v) is 13.0. The molecule has 1 N–H and O–H groups in total. The molecular weight excluding hydrogens is 398 g/mol. The number of hydrogen-bond acceptors (Lipinski definition) is 4. The third-order valence-electron chi connectivity index (χ3n) is 9.37. The van der Waals surface area contributed by atoms with E-state index in [2.05, 4.69) is 44.7 Å². The number of nitrogens with zero attached hydrogens (tertiary/aromatic N) is 1. The smallest absolute Gasteiger partial charge is 0.133 e. The van der Waals surface area contributed by atoms with E-state index in [0.29, 0.717) is 36.7 Å². The van der Waals surface area contributed by atoms with Gasteiger partial charge in [0, 0.05) is 18.0 Å². The maximum atomic E-state index is 12.4. The van der Waals surface area contributed by atoms with Gasteiger partial charge in [-0.05, 0) is 106 Å². The number of ketones is 1. The number of Topliss-reactive ketones (excluding diaryl/α,β-unsaturated/α-hetero) is 1. The molecule has 2 saturated carbocycles. The van der Waals surface area contributed by atoms with Crippen LogP contribution in [0, 0.1) is 30.1 Å². The lowest BCUT2D eigenvalue weighted by Crippen LogP contribution is -2.44. The number of carbonyl (C=O) groups is 1. The molecule has 0 spiro atoms. The van der Waals surface area contributed by atoms with E-state index in [1.165, 1.54) is 29.5 Å². The zero-order chi connectivity index (χ0) is 23.0. The second kappa shape index (κ2) is 9.46. The van der Waals surface area contributed by atoms with Crippen molar-refractivity contribution in [1.29, 1.82) is 0 Å². The molecule has 4 nitrogen and oxygen atoms in total. The number of fused-ring (bicyclic) bond motifs is 5. The molecule has 0 bridgehead atoms. The van der Waals surface area contributed by atoms with Crippen LogP contribution in [0.15, 0.2) is 12.1 Å². The Kier molecular flexibility index (Phi) is 7.03. The molecule has 6 atom stereocenters. The maximum absolute atomic E-state index is 12.4. The Balaban J connectivity index is 1.56. The molecule has 178 valence electrons. The number of hydrogen-bond donors (Lipinski definition) is 1. The second-order valence-electron chi connectivity index (χ2n) is 10.9. The second-order valence-corrected chi connectivity index (χ2v) is 10.9. The van der Waals surface area contributed by atoms with Gasteiger partial charge in [-0.1, -0.05) is 26.8 Å². The molecule has 4 heteroatoms. The summed E-state index contributed by atoms with van der Waals surface area (Å²) < 4.78 is 6.33. The summed E-state index contributed by atoms with van der Waals surface area (Å²) in [6, 6.07) is 4.33. The van der Waals surface area contributed by atoms with E-state index in [-0.39, 0.29) is 11.3 Å². The van der Waals surface area contributed by atoms with Gasteiger partial charge in [0.15, 0.2) is 0 Å². The molecule has 0 aromatic heterocycles. The van der Waals surface area contributed by atoms with Gasteiger partial charge >= 0.3 is 0 Å². The number of benzene rings is 1. The third-order valence-corrected chi connectivity index (χ3v) is 9.37. The van der Waals surface area contributed by atoms with E-state index < -0.39 is 6.10 Å². The van der Waals surface area contributed by atoms with Gasteiger partial charge in [-0.3, -0.25) is 4.79 Å². The average Bonchev–Trinajstić information content (AvgIpc) is 3.14. The fourth-order valence-corrected chi connectivity index (χ4v) is 7.66. The van der Waals surface area contributed by atoms with Crippen LogP contribution >= 0.6 is 0 Å². The SMILES string of the molecule is CCN(CC)CC(O)COc1ccc(C)c2c1[C@H]1CC[C@]3(C)[C@@H](C(C)=O)CC[C@H]3[C@@H]1CC2. The summed E-state index contributed by atoms with van der Waals surface area (Å²) in [4.78, 5) is 14.6. The molecule has 2 fully saturated rings. The lowest BCUT2D eigenvalue weighted by molar-refractivity contribution is -0.125. The number of likely N-dealkylation sites (N-methyl/N-ethyl adjacent to an activating group) is 1. The Bertz CT molecular complexity index is 832. The van der Waals surface area contributed by atoms with Crippen LogP contribution in [-0.4, -0.2) is 48.1 Å². The lowest BCUT2D eigenvalue weighted by Gasteiger charge is -2.51. The first kappa shape index (κ1) is 23.8. The van der Waals surface area contributed by atoms with Crippen molar-refractivity contribution in [2.45, 2.75) is 85.2 Å². The Morgan fingerprint density at radius 2 is 1.97 bits per heavy atom. The number of carbonyl (C=O) groups excluding carboxylic acids is 1. The lowest BCUT2D eigenvalue weighted by atomic mass is 9.53. The van der Waals surface area contributed by atoms with Crippen LogP contribution in [-0.2, 0) is 11.2 Å². The highest BCUT2D eigenvalue weighted by Crippen LogP contribution is 2.64. The number of aryl methyl sites for hydroxylation is 1. The largest absolute Gasteiger partial charge is 0.491 e. The molecule has 32 heavy (non-hydrogen) atoms. The zero-order valence-corrected chi connectivity index (χ0v) is 20.8. The topological polar surface area (TPSA) is 49.8 Å². The van der Waals surface area contributed by atoms with Gasteiger partial charge in [-0.15, -0.1) is 0 Å². The van der Waals surface area contributed by atoms with Gasteiger partial charge in [0.1, 0.15) is 24.2 Å². The quantitative estimate of drug-likeness (QED) is 0.607. The summed E-state index contributed by atoms with van der Waals surface area (Å²) in [5, 5.41) is 10.6. The summed E-state index contributed by atoms with van der Waals surface area (Å²) in [6.45, 7) is 13.6. The normalized spacial score (nSPS) is 32.2. The van der Waals surface area contributed by atoms with Crippen molar-refractivity contribution in [1.82, 2.24) is 4.90 Å². The van der Waals surface area contributed by atoms with E-state index in [4.69, 9.17) is 4.74 Å². The maximum Gasteiger partial charge on any atom is 0.133 e.